The van der Waals surface area contributed by atoms with Crippen molar-refractivity contribution in [2.45, 2.75) is 26.3 Å². The lowest BCUT2D eigenvalue weighted by Crippen LogP contribution is -2.36. The topological polar surface area (TPSA) is 92.4 Å². The predicted molar refractivity (Wildman–Crippen MR) is 69.4 cm³/mol. The van der Waals surface area contributed by atoms with Crippen LogP contribution in [0.1, 0.15) is 30.6 Å². The Bertz CT molecular complexity index is 489. The lowest BCUT2D eigenvalue weighted by atomic mass is 10.0. The van der Waals surface area contributed by atoms with Crippen molar-refractivity contribution in [3.8, 4) is 0 Å². The molecule has 0 spiro atoms. The van der Waals surface area contributed by atoms with E-state index in [0.29, 0.717) is 6.42 Å². The Kier molecular flexibility index (Phi) is 5.00. The summed E-state index contributed by atoms with van der Waals surface area (Å²) in [4.78, 5) is 22.3. The third-order valence-electron chi connectivity index (χ3n) is 2.53. The zero-order valence-corrected chi connectivity index (χ0v) is 10.8. The van der Waals surface area contributed by atoms with E-state index in [1.807, 2.05) is 13.8 Å². The molecule has 1 aromatic carbocycles. The van der Waals surface area contributed by atoms with E-state index in [1.165, 1.54) is 6.07 Å². The van der Waals surface area contributed by atoms with Crippen LogP contribution in [-0.2, 0) is 4.79 Å². The Labute approximate surface area is 110 Å². The standard InChI is InChI=1S/C13H17FN2O3/c1-7(2)5-11(15)12(17)16-8-3-4-9(13(18)19)10(14)6-8/h3-4,6-7,11H,5,15H2,1-2H3,(H,16,17)(H,18,19). The lowest BCUT2D eigenvalue weighted by molar-refractivity contribution is -0.117. The molecule has 1 unspecified atom stereocenters. The Morgan fingerprint density at radius 2 is 2.05 bits per heavy atom. The van der Waals surface area contributed by atoms with E-state index in [0.717, 1.165) is 12.1 Å². The molecule has 0 bridgehead atoms. The van der Waals surface area contributed by atoms with E-state index < -0.39 is 29.3 Å². The SMILES string of the molecule is CC(C)CC(N)C(=O)Nc1ccc(C(=O)O)c(F)c1. The highest BCUT2D eigenvalue weighted by Gasteiger charge is 2.16. The third-order valence-corrected chi connectivity index (χ3v) is 2.53. The molecule has 0 aliphatic rings. The Morgan fingerprint density at radius 1 is 1.42 bits per heavy atom. The number of carbonyl (C=O) groups excluding carboxylic acids is 1. The van der Waals surface area contributed by atoms with Crippen molar-refractivity contribution in [1.29, 1.82) is 0 Å². The number of nitrogens with two attached hydrogens (primary N) is 1. The molecule has 5 nitrogen and oxygen atoms in total. The predicted octanol–water partition coefficient (Wildman–Crippen LogP) is 1.84. The summed E-state index contributed by atoms with van der Waals surface area (Å²) in [6.45, 7) is 3.88. The van der Waals surface area contributed by atoms with Crippen LogP contribution in [0.4, 0.5) is 10.1 Å². The molecular weight excluding hydrogens is 251 g/mol. The van der Waals surface area contributed by atoms with Gasteiger partial charge in [0.1, 0.15) is 5.82 Å². The molecule has 0 fully saturated rings. The summed E-state index contributed by atoms with van der Waals surface area (Å²) < 4.78 is 13.4. The second-order valence-corrected chi connectivity index (χ2v) is 4.73. The molecule has 0 radical (unpaired) electrons. The highest BCUT2D eigenvalue weighted by Crippen LogP contribution is 2.15. The van der Waals surface area contributed by atoms with Crippen LogP contribution in [0.25, 0.3) is 0 Å². The van der Waals surface area contributed by atoms with E-state index >= 15 is 0 Å². The van der Waals surface area contributed by atoms with Crippen LogP contribution < -0.4 is 11.1 Å². The molecule has 4 N–H and O–H groups in total. The molecule has 1 amide bonds. The van der Waals surface area contributed by atoms with Gasteiger partial charge in [-0.3, -0.25) is 4.79 Å². The van der Waals surface area contributed by atoms with Crippen molar-refractivity contribution in [1.82, 2.24) is 0 Å². The monoisotopic (exact) mass is 268 g/mol. The molecule has 0 aliphatic heterocycles. The van der Waals surface area contributed by atoms with Crippen molar-refractivity contribution in [2.75, 3.05) is 5.32 Å². The zero-order valence-electron chi connectivity index (χ0n) is 10.8. The number of halogens is 1. The lowest BCUT2D eigenvalue weighted by Gasteiger charge is -2.14. The molecule has 1 aromatic rings. The Morgan fingerprint density at radius 3 is 2.53 bits per heavy atom. The summed E-state index contributed by atoms with van der Waals surface area (Å²) in [7, 11) is 0. The largest absolute Gasteiger partial charge is 0.478 e. The maximum absolute atomic E-state index is 13.4. The van der Waals surface area contributed by atoms with Gasteiger partial charge in [0.25, 0.3) is 0 Å². The van der Waals surface area contributed by atoms with Crippen LogP contribution in [0.2, 0.25) is 0 Å². The zero-order chi connectivity index (χ0) is 14.6. The van der Waals surface area contributed by atoms with Gasteiger partial charge in [0.05, 0.1) is 11.6 Å². The van der Waals surface area contributed by atoms with Gasteiger partial charge in [-0.2, -0.15) is 0 Å². The summed E-state index contributed by atoms with van der Waals surface area (Å²) in [6.07, 6.45) is 0.515. The van der Waals surface area contributed by atoms with Gasteiger partial charge in [-0.1, -0.05) is 13.8 Å². The minimum absolute atomic E-state index is 0.187. The molecule has 1 atom stereocenters. The number of carboxylic acid groups (broad SMARTS) is 1. The molecule has 19 heavy (non-hydrogen) atoms. The van der Waals surface area contributed by atoms with E-state index in [9.17, 15) is 14.0 Å². The quantitative estimate of drug-likeness (QED) is 0.759. The molecule has 0 aromatic heterocycles. The molecular formula is C13H17FN2O3. The van der Waals surface area contributed by atoms with E-state index in [4.69, 9.17) is 10.8 Å². The van der Waals surface area contributed by atoms with Gasteiger partial charge in [-0.15, -0.1) is 0 Å². The number of carbonyl (C=O) groups is 2. The first-order chi connectivity index (χ1) is 8.81. The van der Waals surface area contributed by atoms with Crippen molar-refractivity contribution < 1.29 is 19.1 Å². The molecule has 6 heteroatoms. The van der Waals surface area contributed by atoms with Crippen molar-refractivity contribution in [3.05, 3.63) is 29.6 Å². The second-order valence-electron chi connectivity index (χ2n) is 4.73. The highest BCUT2D eigenvalue weighted by atomic mass is 19.1. The van der Waals surface area contributed by atoms with Crippen LogP contribution >= 0.6 is 0 Å². The van der Waals surface area contributed by atoms with E-state index in [-0.39, 0.29) is 11.6 Å². The van der Waals surface area contributed by atoms with Crippen LogP contribution in [0.15, 0.2) is 18.2 Å². The fourth-order valence-electron chi connectivity index (χ4n) is 1.62. The maximum Gasteiger partial charge on any atom is 0.338 e. The van der Waals surface area contributed by atoms with Gasteiger partial charge in [0.2, 0.25) is 5.91 Å². The van der Waals surface area contributed by atoms with Gasteiger partial charge in [-0.25, -0.2) is 9.18 Å². The first-order valence-corrected chi connectivity index (χ1v) is 5.90. The number of hydrogen-bond acceptors (Lipinski definition) is 3. The number of nitrogens with one attached hydrogen (secondary N) is 1. The molecule has 0 heterocycles. The average molecular weight is 268 g/mol. The second kappa shape index (κ2) is 6.29. The molecule has 1 rings (SSSR count). The van der Waals surface area contributed by atoms with E-state index in [1.54, 1.807) is 0 Å². The van der Waals surface area contributed by atoms with Gasteiger partial charge >= 0.3 is 5.97 Å². The fraction of sp³-hybridized carbons (Fsp3) is 0.385. The van der Waals surface area contributed by atoms with Gasteiger partial charge < -0.3 is 16.2 Å². The maximum atomic E-state index is 13.4. The van der Waals surface area contributed by atoms with Crippen molar-refractivity contribution in [3.63, 3.8) is 0 Å². The number of amides is 1. The number of carboxylic acids is 1. The molecule has 0 saturated carbocycles. The number of benzene rings is 1. The number of hydrogen-bond donors (Lipinski definition) is 3. The summed E-state index contributed by atoms with van der Waals surface area (Å²) in [6, 6.07) is 2.71. The molecule has 0 aliphatic carbocycles. The minimum atomic E-state index is -1.35. The van der Waals surface area contributed by atoms with Crippen LogP contribution in [0, 0.1) is 11.7 Å². The molecule has 0 saturated heterocycles. The minimum Gasteiger partial charge on any atom is -0.478 e. The van der Waals surface area contributed by atoms with Crippen LogP contribution in [0.3, 0.4) is 0 Å². The van der Waals surface area contributed by atoms with Gasteiger partial charge in [-0.05, 0) is 30.5 Å². The van der Waals surface area contributed by atoms with E-state index in [2.05, 4.69) is 5.32 Å². The third kappa shape index (κ3) is 4.33. The summed E-state index contributed by atoms with van der Waals surface area (Å²) >= 11 is 0. The first kappa shape index (κ1) is 15.1. The average Bonchev–Trinajstić information content (AvgIpc) is 2.27. The smallest absolute Gasteiger partial charge is 0.338 e. The normalized spacial score (nSPS) is 12.3. The molecule has 104 valence electrons. The fourth-order valence-corrected chi connectivity index (χ4v) is 1.62. The van der Waals surface area contributed by atoms with Crippen LogP contribution in [-0.4, -0.2) is 23.0 Å². The Hall–Kier alpha value is -1.95. The highest BCUT2D eigenvalue weighted by molar-refractivity contribution is 5.95. The summed E-state index contributed by atoms with van der Waals surface area (Å²) in [5.41, 5.74) is 5.43. The summed E-state index contributed by atoms with van der Waals surface area (Å²) in [5.74, 6) is -2.40. The van der Waals surface area contributed by atoms with Crippen molar-refractivity contribution in [2.24, 2.45) is 11.7 Å². The van der Waals surface area contributed by atoms with Crippen LogP contribution in [0.5, 0.6) is 0 Å². The number of anilines is 1. The summed E-state index contributed by atoms with van der Waals surface area (Å²) in [5, 5.41) is 11.1. The Balaban J connectivity index is 2.75. The van der Waals surface area contributed by atoms with Gasteiger partial charge in [0, 0.05) is 5.69 Å². The van der Waals surface area contributed by atoms with Gasteiger partial charge in [0.15, 0.2) is 0 Å². The number of rotatable bonds is 5. The van der Waals surface area contributed by atoms with Crippen molar-refractivity contribution >= 4 is 17.6 Å². The first-order valence-electron chi connectivity index (χ1n) is 5.90. The number of aromatic carboxylic acids is 1.